The molecular weight excluding hydrogens is 244 g/mol. The Morgan fingerprint density at radius 1 is 1.71 bits per heavy atom. The molecule has 0 aliphatic carbocycles. The van der Waals surface area contributed by atoms with Crippen LogP contribution in [0.1, 0.15) is 31.3 Å². The second-order valence-corrected chi connectivity index (χ2v) is 5.21. The van der Waals surface area contributed by atoms with Crippen molar-refractivity contribution in [3.05, 3.63) is 21.9 Å². The van der Waals surface area contributed by atoms with E-state index < -0.39 is 6.10 Å². The summed E-state index contributed by atoms with van der Waals surface area (Å²) < 4.78 is 2.71. The van der Waals surface area contributed by atoms with Gasteiger partial charge in [0.15, 0.2) is 0 Å². The molecule has 2 rings (SSSR count). The fraction of sp³-hybridized carbons (Fsp3) is 0.500. The molecule has 2 heterocycles. The zero-order chi connectivity index (χ0) is 10.5. The van der Waals surface area contributed by atoms with Crippen molar-refractivity contribution in [1.82, 2.24) is 4.57 Å². The quantitative estimate of drug-likeness (QED) is 0.772. The fourth-order valence-electron chi connectivity index (χ4n) is 1.94. The second-order valence-electron chi connectivity index (χ2n) is 4.35. The number of hydrogen-bond donors (Lipinski definition) is 1. The van der Waals surface area contributed by atoms with Crippen LogP contribution in [0, 0.1) is 16.7 Å². The van der Waals surface area contributed by atoms with Crippen LogP contribution in [-0.2, 0) is 6.54 Å². The molecule has 0 saturated carbocycles. The van der Waals surface area contributed by atoms with Crippen LogP contribution in [0.5, 0.6) is 0 Å². The Hall–Kier alpha value is -0.790. The molecular formula is C10H11BrN2O. The van der Waals surface area contributed by atoms with Crippen molar-refractivity contribution in [2.75, 3.05) is 0 Å². The van der Waals surface area contributed by atoms with Crippen molar-refractivity contribution in [1.29, 1.82) is 5.26 Å². The third kappa shape index (κ3) is 1.13. The maximum absolute atomic E-state index is 10.0. The summed E-state index contributed by atoms with van der Waals surface area (Å²) in [7, 11) is 0. The molecule has 1 aromatic heterocycles. The van der Waals surface area contributed by atoms with Crippen molar-refractivity contribution >= 4 is 15.9 Å². The Balaban J connectivity index is 2.61. The van der Waals surface area contributed by atoms with Crippen LogP contribution in [0.2, 0.25) is 0 Å². The monoisotopic (exact) mass is 254 g/mol. The zero-order valence-electron chi connectivity index (χ0n) is 8.08. The van der Waals surface area contributed by atoms with E-state index in [0.29, 0.717) is 12.2 Å². The summed E-state index contributed by atoms with van der Waals surface area (Å²) in [5.41, 5.74) is 1.24. The molecule has 0 aromatic carbocycles. The maximum Gasteiger partial charge on any atom is 0.121 e. The summed E-state index contributed by atoms with van der Waals surface area (Å²) in [6.07, 6.45) is -0.501. The number of nitriles is 1. The van der Waals surface area contributed by atoms with E-state index in [2.05, 4.69) is 22.0 Å². The normalized spacial score (nSPS) is 23.2. The van der Waals surface area contributed by atoms with E-state index in [9.17, 15) is 5.11 Å². The van der Waals surface area contributed by atoms with E-state index in [0.717, 1.165) is 10.2 Å². The van der Waals surface area contributed by atoms with Crippen LogP contribution >= 0.6 is 15.9 Å². The van der Waals surface area contributed by atoms with Gasteiger partial charge in [-0.05, 0) is 22.0 Å². The topological polar surface area (TPSA) is 49.0 Å². The van der Waals surface area contributed by atoms with E-state index in [-0.39, 0.29) is 5.41 Å². The number of aromatic nitrogens is 1. The number of fused-ring (bicyclic) bond motifs is 1. The predicted molar refractivity (Wildman–Crippen MR) is 55.6 cm³/mol. The number of aliphatic hydroxyl groups excluding tert-OH is 1. The van der Waals surface area contributed by atoms with E-state index in [1.54, 1.807) is 6.07 Å². The SMILES string of the molecule is CC1(C)Cn2c(C#N)cc(Br)c2C1O. The molecule has 0 saturated heterocycles. The molecule has 0 fully saturated rings. The Kier molecular flexibility index (Phi) is 1.98. The van der Waals surface area contributed by atoms with Crippen molar-refractivity contribution in [2.24, 2.45) is 5.41 Å². The summed E-state index contributed by atoms with van der Waals surface area (Å²) in [4.78, 5) is 0. The van der Waals surface area contributed by atoms with Gasteiger partial charge in [0.2, 0.25) is 0 Å². The predicted octanol–water partition coefficient (Wildman–Crippen LogP) is 2.20. The lowest BCUT2D eigenvalue weighted by molar-refractivity contribution is 0.0645. The molecule has 1 unspecified atom stereocenters. The molecule has 3 nitrogen and oxygen atoms in total. The van der Waals surface area contributed by atoms with Gasteiger partial charge in [-0.3, -0.25) is 0 Å². The Morgan fingerprint density at radius 3 is 2.93 bits per heavy atom. The summed E-state index contributed by atoms with van der Waals surface area (Å²) in [6.45, 7) is 4.69. The Bertz CT molecular complexity index is 428. The molecule has 1 N–H and O–H groups in total. The largest absolute Gasteiger partial charge is 0.386 e. The van der Waals surface area contributed by atoms with Gasteiger partial charge in [-0.15, -0.1) is 0 Å². The average molecular weight is 255 g/mol. The number of rotatable bonds is 0. The zero-order valence-corrected chi connectivity index (χ0v) is 9.67. The van der Waals surface area contributed by atoms with Crippen molar-refractivity contribution in [2.45, 2.75) is 26.5 Å². The van der Waals surface area contributed by atoms with Crippen molar-refractivity contribution < 1.29 is 5.11 Å². The van der Waals surface area contributed by atoms with E-state index >= 15 is 0 Å². The van der Waals surface area contributed by atoms with Gasteiger partial charge in [0.05, 0.1) is 5.69 Å². The lowest BCUT2D eigenvalue weighted by Crippen LogP contribution is -2.18. The highest BCUT2D eigenvalue weighted by Crippen LogP contribution is 2.45. The Morgan fingerprint density at radius 2 is 2.36 bits per heavy atom. The van der Waals surface area contributed by atoms with Crippen LogP contribution in [0.4, 0.5) is 0 Å². The van der Waals surface area contributed by atoms with Crippen molar-refractivity contribution in [3.8, 4) is 6.07 Å². The molecule has 4 heteroatoms. The minimum absolute atomic E-state index is 0.190. The molecule has 74 valence electrons. The highest BCUT2D eigenvalue weighted by molar-refractivity contribution is 9.10. The van der Waals surface area contributed by atoms with Gasteiger partial charge in [0, 0.05) is 16.4 Å². The first kappa shape index (κ1) is 9.75. The molecule has 0 amide bonds. The van der Waals surface area contributed by atoms with Gasteiger partial charge < -0.3 is 9.67 Å². The molecule has 0 radical (unpaired) electrons. The van der Waals surface area contributed by atoms with Crippen LogP contribution < -0.4 is 0 Å². The minimum atomic E-state index is -0.501. The summed E-state index contributed by atoms with van der Waals surface area (Å²) in [6, 6.07) is 3.89. The summed E-state index contributed by atoms with van der Waals surface area (Å²) in [5, 5.41) is 18.9. The fourth-order valence-corrected chi connectivity index (χ4v) is 2.58. The van der Waals surface area contributed by atoms with Crippen LogP contribution in [0.3, 0.4) is 0 Å². The molecule has 1 aliphatic heterocycles. The highest BCUT2D eigenvalue weighted by atomic mass is 79.9. The van der Waals surface area contributed by atoms with Crippen LogP contribution in [0.25, 0.3) is 0 Å². The van der Waals surface area contributed by atoms with Crippen LogP contribution in [0.15, 0.2) is 10.5 Å². The van der Waals surface area contributed by atoms with Gasteiger partial charge >= 0.3 is 0 Å². The van der Waals surface area contributed by atoms with Crippen LogP contribution in [-0.4, -0.2) is 9.67 Å². The van der Waals surface area contributed by atoms with Gasteiger partial charge in [-0.1, -0.05) is 13.8 Å². The molecule has 1 aliphatic rings. The minimum Gasteiger partial charge on any atom is -0.386 e. The van der Waals surface area contributed by atoms with Crippen molar-refractivity contribution in [3.63, 3.8) is 0 Å². The van der Waals surface area contributed by atoms with Gasteiger partial charge in [-0.25, -0.2) is 0 Å². The third-order valence-electron chi connectivity index (χ3n) is 2.77. The smallest absolute Gasteiger partial charge is 0.121 e. The standard InChI is InChI=1S/C10H11BrN2O/c1-10(2)5-13-6(4-12)3-7(11)8(13)9(10)14/h3,9,14H,5H2,1-2H3. The lowest BCUT2D eigenvalue weighted by atomic mass is 9.88. The molecule has 0 spiro atoms. The Labute approximate surface area is 91.1 Å². The van der Waals surface area contributed by atoms with E-state index in [1.165, 1.54) is 0 Å². The highest BCUT2D eigenvalue weighted by Gasteiger charge is 2.40. The van der Waals surface area contributed by atoms with Gasteiger partial charge in [0.25, 0.3) is 0 Å². The van der Waals surface area contributed by atoms with E-state index in [1.807, 2.05) is 18.4 Å². The first-order valence-corrected chi connectivity index (χ1v) is 5.24. The molecule has 0 bridgehead atoms. The first-order chi connectivity index (χ1) is 6.47. The summed E-state index contributed by atoms with van der Waals surface area (Å²) >= 11 is 3.37. The second kappa shape index (κ2) is 2.85. The number of hydrogen-bond acceptors (Lipinski definition) is 2. The van der Waals surface area contributed by atoms with Gasteiger partial charge in [0.1, 0.15) is 17.9 Å². The first-order valence-electron chi connectivity index (χ1n) is 4.44. The molecule has 1 atom stereocenters. The number of aliphatic hydroxyl groups is 1. The molecule has 14 heavy (non-hydrogen) atoms. The van der Waals surface area contributed by atoms with E-state index in [4.69, 9.17) is 5.26 Å². The molecule has 1 aromatic rings. The maximum atomic E-state index is 10.0. The third-order valence-corrected chi connectivity index (χ3v) is 3.40. The van der Waals surface area contributed by atoms with Gasteiger partial charge in [-0.2, -0.15) is 5.26 Å². The number of halogens is 1. The summed E-state index contributed by atoms with van der Waals surface area (Å²) in [5.74, 6) is 0. The average Bonchev–Trinajstić information content (AvgIpc) is 2.51. The number of nitrogens with zero attached hydrogens (tertiary/aromatic N) is 2. The lowest BCUT2D eigenvalue weighted by Gasteiger charge is -2.21.